The molecular weight excluding hydrogens is 210 g/mol. The molecule has 1 aromatic rings. The quantitative estimate of drug-likeness (QED) is 0.863. The summed E-state index contributed by atoms with van der Waals surface area (Å²) < 4.78 is 0. The molecule has 1 unspecified atom stereocenters. The lowest BCUT2D eigenvalue weighted by Gasteiger charge is -2.30. The van der Waals surface area contributed by atoms with Gasteiger partial charge in [0.05, 0.1) is 6.04 Å². The Morgan fingerprint density at radius 3 is 2.71 bits per heavy atom. The van der Waals surface area contributed by atoms with Gasteiger partial charge in [-0.25, -0.2) is 0 Å². The molecule has 1 aliphatic rings. The van der Waals surface area contributed by atoms with Gasteiger partial charge >= 0.3 is 0 Å². The van der Waals surface area contributed by atoms with Crippen molar-refractivity contribution >= 4 is 5.78 Å². The first kappa shape index (κ1) is 12.1. The number of hydrogen-bond acceptors (Lipinski definition) is 2. The fourth-order valence-electron chi connectivity index (χ4n) is 2.13. The highest BCUT2D eigenvalue weighted by atomic mass is 16.1. The van der Waals surface area contributed by atoms with Crippen LogP contribution < -0.4 is 5.32 Å². The highest BCUT2D eigenvalue weighted by Gasteiger charge is 2.28. The van der Waals surface area contributed by atoms with Gasteiger partial charge in [-0.15, -0.1) is 0 Å². The fraction of sp³-hybridized carbons (Fsp3) is 0.400. The summed E-state index contributed by atoms with van der Waals surface area (Å²) in [5.41, 5.74) is 1.33. The highest BCUT2D eigenvalue weighted by Crippen LogP contribution is 2.28. The molecule has 0 saturated heterocycles. The van der Waals surface area contributed by atoms with Crippen molar-refractivity contribution in [2.75, 3.05) is 0 Å². The molecule has 0 aromatic heterocycles. The van der Waals surface area contributed by atoms with E-state index in [1.54, 1.807) is 6.08 Å². The lowest BCUT2D eigenvalue weighted by atomic mass is 9.80. The first-order valence-electron chi connectivity index (χ1n) is 6.07. The second kappa shape index (κ2) is 4.84. The van der Waals surface area contributed by atoms with E-state index in [2.05, 4.69) is 31.3 Å². The largest absolute Gasteiger partial charge is 0.303 e. The highest BCUT2D eigenvalue weighted by molar-refractivity contribution is 5.95. The molecule has 1 aromatic carbocycles. The molecule has 90 valence electrons. The number of allylic oxidation sites excluding steroid dienone is 1. The zero-order chi connectivity index (χ0) is 12.3. The maximum absolute atomic E-state index is 11.8. The molecule has 0 saturated carbocycles. The van der Waals surface area contributed by atoms with Crippen LogP contribution in [0.1, 0.15) is 25.8 Å². The van der Waals surface area contributed by atoms with Crippen molar-refractivity contribution in [3.05, 3.63) is 48.0 Å². The molecule has 1 atom stereocenters. The van der Waals surface area contributed by atoms with Gasteiger partial charge in [-0.2, -0.15) is 0 Å². The summed E-state index contributed by atoms with van der Waals surface area (Å²) in [4.78, 5) is 11.8. The molecule has 17 heavy (non-hydrogen) atoms. The zero-order valence-corrected chi connectivity index (χ0v) is 10.4. The molecule has 0 aliphatic heterocycles. The Morgan fingerprint density at radius 2 is 2.00 bits per heavy atom. The topological polar surface area (TPSA) is 29.1 Å². The van der Waals surface area contributed by atoms with E-state index >= 15 is 0 Å². The van der Waals surface area contributed by atoms with Gasteiger partial charge in [0.2, 0.25) is 0 Å². The van der Waals surface area contributed by atoms with Crippen LogP contribution in [-0.4, -0.2) is 11.8 Å². The first-order chi connectivity index (χ1) is 8.07. The zero-order valence-electron chi connectivity index (χ0n) is 10.4. The van der Waals surface area contributed by atoms with E-state index in [9.17, 15) is 4.79 Å². The summed E-state index contributed by atoms with van der Waals surface area (Å²) in [6.45, 7) is 5.07. The summed E-state index contributed by atoms with van der Waals surface area (Å²) in [6, 6.07) is 10.1. The Kier molecular flexibility index (Phi) is 3.43. The summed E-state index contributed by atoms with van der Waals surface area (Å²) >= 11 is 0. The van der Waals surface area contributed by atoms with Crippen molar-refractivity contribution in [3.8, 4) is 0 Å². The van der Waals surface area contributed by atoms with E-state index in [4.69, 9.17) is 0 Å². The van der Waals surface area contributed by atoms with Crippen molar-refractivity contribution < 1.29 is 4.79 Å². The predicted octanol–water partition coefficient (Wildman–Crippen LogP) is 2.70. The van der Waals surface area contributed by atoms with E-state index in [-0.39, 0.29) is 17.2 Å². The summed E-state index contributed by atoms with van der Waals surface area (Å²) in [5.74, 6) is 0.195. The number of carbonyl (C=O) groups is 1. The maximum atomic E-state index is 11.8. The molecule has 0 spiro atoms. The third-order valence-electron chi connectivity index (χ3n) is 3.17. The molecular formula is C15H19NO. The third kappa shape index (κ3) is 3.27. The van der Waals surface area contributed by atoms with Crippen molar-refractivity contribution in [2.24, 2.45) is 5.41 Å². The Labute approximate surface area is 103 Å². The normalized spacial score (nSPS) is 22.7. The van der Waals surface area contributed by atoms with Crippen LogP contribution in [0.5, 0.6) is 0 Å². The van der Waals surface area contributed by atoms with E-state index in [0.29, 0.717) is 0 Å². The smallest absolute Gasteiger partial charge is 0.172 e. The van der Waals surface area contributed by atoms with Gasteiger partial charge in [-0.1, -0.05) is 50.3 Å². The van der Waals surface area contributed by atoms with E-state index in [1.807, 2.05) is 24.3 Å². The molecule has 2 heteroatoms. The van der Waals surface area contributed by atoms with Crippen LogP contribution >= 0.6 is 0 Å². The molecule has 1 aliphatic carbocycles. The van der Waals surface area contributed by atoms with Crippen LogP contribution in [0.2, 0.25) is 0 Å². The molecule has 2 rings (SSSR count). The number of nitrogens with one attached hydrogen (secondary N) is 1. The Balaban J connectivity index is 1.96. The lowest BCUT2D eigenvalue weighted by molar-refractivity contribution is -0.117. The molecule has 1 N–H and O–H groups in total. The van der Waals surface area contributed by atoms with Gasteiger partial charge in [0.1, 0.15) is 0 Å². The maximum Gasteiger partial charge on any atom is 0.172 e. The van der Waals surface area contributed by atoms with Crippen LogP contribution in [0.3, 0.4) is 0 Å². The summed E-state index contributed by atoms with van der Waals surface area (Å²) in [5, 5.41) is 3.34. The number of ketones is 1. The molecule has 2 nitrogen and oxygen atoms in total. The number of carbonyl (C=O) groups excluding carboxylic acids is 1. The third-order valence-corrected chi connectivity index (χ3v) is 3.17. The molecule has 0 heterocycles. The molecule has 0 radical (unpaired) electrons. The molecule has 0 fully saturated rings. The second-order valence-electron chi connectivity index (χ2n) is 5.35. The van der Waals surface area contributed by atoms with Gasteiger partial charge in [0.15, 0.2) is 5.78 Å². The van der Waals surface area contributed by atoms with Crippen LogP contribution in [0, 0.1) is 5.41 Å². The van der Waals surface area contributed by atoms with Crippen LogP contribution in [0.15, 0.2) is 42.5 Å². The Hall–Kier alpha value is -1.41. The molecule has 0 bridgehead atoms. The van der Waals surface area contributed by atoms with E-state index in [0.717, 1.165) is 13.0 Å². The van der Waals surface area contributed by atoms with Crippen molar-refractivity contribution in [2.45, 2.75) is 32.9 Å². The van der Waals surface area contributed by atoms with Crippen molar-refractivity contribution in [1.82, 2.24) is 5.32 Å². The lowest BCUT2D eigenvalue weighted by Crippen LogP contribution is -2.41. The number of benzene rings is 1. The van der Waals surface area contributed by atoms with Crippen LogP contribution in [-0.2, 0) is 11.3 Å². The second-order valence-corrected chi connectivity index (χ2v) is 5.35. The van der Waals surface area contributed by atoms with Gasteiger partial charge in [0.25, 0.3) is 0 Å². The Morgan fingerprint density at radius 1 is 1.29 bits per heavy atom. The van der Waals surface area contributed by atoms with Gasteiger partial charge in [-0.3, -0.25) is 4.79 Å². The van der Waals surface area contributed by atoms with Gasteiger partial charge in [0, 0.05) is 6.54 Å². The van der Waals surface area contributed by atoms with E-state index < -0.39 is 0 Å². The minimum atomic E-state index is -0.0461. The average molecular weight is 229 g/mol. The number of rotatable bonds is 3. The average Bonchev–Trinajstić information content (AvgIpc) is 2.32. The van der Waals surface area contributed by atoms with E-state index in [1.165, 1.54) is 5.56 Å². The first-order valence-corrected chi connectivity index (χ1v) is 6.07. The van der Waals surface area contributed by atoms with Crippen molar-refractivity contribution in [1.29, 1.82) is 0 Å². The van der Waals surface area contributed by atoms with Crippen LogP contribution in [0.4, 0.5) is 0 Å². The molecule has 0 amide bonds. The summed E-state index contributed by atoms with van der Waals surface area (Å²) in [6.07, 6.45) is 4.59. The monoisotopic (exact) mass is 229 g/mol. The fourth-order valence-corrected chi connectivity index (χ4v) is 2.13. The standard InChI is InChI=1S/C15H19NO/c1-15(2)9-8-14(17)13(10-15)16-11-12-6-4-3-5-7-12/h3-9,13,16H,10-11H2,1-2H3. The minimum Gasteiger partial charge on any atom is -0.303 e. The Bertz CT molecular complexity index is 420. The summed E-state index contributed by atoms with van der Waals surface area (Å²) in [7, 11) is 0. The SMILES string of the molecule is CC1(C)C=CC(=O)C(NCc2ccccc2)C1. The number of hydrogen-bond donors (Lipinski definition) is 1. The minimum absolute atomic E-state index is 0.0461. The van der Waals surface area contributed by atoms with Gasteiger partial charge < -0.3 is 5.32 Å². The van der Waals surface area contributed by atoms with Gasteiger partial charge in [-0.05, 0) is 23.5 Å². The van der Waals surface area contributed by atoms with Crippen molar-refractivity contribution in [3.63, 3.8) is 0 Å². The van der Waals surface area contributed by atoms with Crippen LogP contribution in [0.25, 0.3) is 0 Å². The predicted molar refractivity (Wildman–Crippen MR) is 69.6 cm³/mol.